The fourth-order valence-corrected chi connectivity index (χ4v) is 4.44. The Labute approximate surface area is 165 Å². The number of nitrogens with zero attached hydrogens (tertiary/aromatic N) is 3. The second-order valence-corrected chi connectivity index (χ2v) is 10.2. The third-order valence-electron chi connectivity index (χ3n) is 4.90. The average molecular weight is 404 g/mol. The van der Waals surface area contributed by atoms with Crippen molar-refractivity contribution in [1.29, 1.82) is 0 Å². The maximum absolute atomic E-state index is 13.4. The zero-order valence-corrected chi connectivity index (χ0v) is 17.7. The summed E-state index contributed by atoms with van der Waals surface area (Å²) in [6.45, 7) is 11.5. The van der Waals surface area contributed by atoms with Crippen LogP contribution < -0.4 is 0 Å². The van der Waals surface area contributed by atoms with E-state index in [-0.39, 0.29) is 15.2 Å². The third kappa shape index (κ3) is 3.81. The first-order chi connectivity index (χ1) is 13.0. The molecule has 0 amide bonds. The summed E-state index contributed by atoms with van der Waals surface area (Å²) in [6, 6.07) is 7.17. The molecule has 1 atom stereocenters. The smallest absolute Gasteiger partial charge is 0.214 e. The molecule has 0 aliphatic carbocycles. The molecule has 0 aliphatic rings. The Balaban J connectivity index is 2.17. The van der Waals surface area contributed by atoms with Crippen LogP contribution in [0.2, 0.25) is 0 Å². The van der Waals surface area contributed by atoms with Gasteiger partial charge in [0.1, 0.15) is 5.82 Å². The minimum Gasteiger partial charge on any atom is -0.327 e. The Morgan fingerprint density at radius 2 is 1.82 bits per heavy atom. The van der Waals surface area contributed by atoms with Gasteiger partial charge in [0.15, 0.2) is 0 Å². The van der Waals surface area contributed by atoms with Crippen molar-refractivity contribution in [1.82, 2.24) is 14.5 Å². The van der Waals surface area contributed by atoms with E-state index in [1.165, 1.54) is 6.07 Å². The van der Waals surface area contributed by atoms with Crippen LogP contribution in [0.1, 0.15) is 46.9 Å². The molecule has 0 N–H and O–H groups in total. The average Bonchev–Trinajstić information content (AvgIpc) is 2.99. The van der Waals surface area contributed by atoms with Gasteiger partial charge in [-0.15, -0.1) is 0 Å². The fraction of sp³-hybridized carbons (Fsp3) is 0.429. The highest BCUT2D eigenvalue weighted by atomic mass is 32.2. The summed E-state index contributed by atoms with van der Waals surface area (Å²) in [6.07, 6.45) is 2.20. The summed E-state index contributed by atoms with van der Waals surface area (Å²) in [5.41, 5.74) is 1.36. The molecule has 150 valence electrons. The standard InChI is InChI=1S/C21H26FN3O2S/c1-6-14(2)13-25-18-8-7-15(11-17(18)24-20(25)21(3,4)5)28(26,27)16-9-10-23-19(22)12-16/h7-12,14H,6,13H2,1-5H3. The van der Waals surface area contributed by atoms with Gasteiger partial charge in [0.2, 0.25) is 15.8 Å². The molecule has 3 rings (SSSR count). The van der Waals surface area contributed by atoms with Crippen LogP contribution in [-0.2, 0) is 21.8 Å². The van der Waals surface area contributed by atoms with E-state index < -0.39 is 15.8 Å². The minimum atomic E-state index is -3.85. The molecule has 0 spiro atoms. The molecule has 5 nitrogen and oxygen atoms in total. The maximum atomic E-state index is 13.4. The van der Waals surface area contributed by atoms with E-state index in [0.29, 0.717) is 11.4 Å². The molecule has 0 aliphatic heterocycles. The van der Waals surface area contributed by atoms with Crippen molar-refractivity contribution >= 4 is 20.9 Å². The molecule has 2 heterocycles. The number of pyridine rings is 1. The van der Waals surface area contributed by atoms with E-state index in [9.17, 15) is 12.8 Å². The van der Waals surface area contributed by atoms with Gasteiger partial charge in [-0.2, -0.15) is 4.39 Å². The molecular weight excluding hydrogens is 377 g/mol. The van der Waals surface area contributed by atoms with Gasteiger partial charge >= 0.3 is 0 Å². The van der Waals surface area contributed by atoms with E-state index in [4.69, 9.17) is 4.98 Å². The van der Waals surface area contributed by atoms with Crippen LogP contribution in [-0.4, -0.2) is 23.0 Å². The van der Waals surface area contributed by atoms with Crippen molar-refractivity contribution in [2.45, 2.75) is 62.8 Å². The van der Waals surface area contributed by atoms with Gasteiger partial charge in [0, 0.05) is 24.2 Å². The van der Waals surface area contributed by atoms with E-state index in [1.807, 2.05) is 0 Å². The lowest BCUT2D eigenvalue weighted by molar-refractivity contribution is 0.431. The van der Waals surface area contributed by atoms with Crippen LogP contribution in [0.3, 0.4) is 0 Å². The van der Waals surface area contributed by atoms with E-state index in [0.717, 1.165) is 36.6 Å². The molecule has 0 fully saturated rings. The summed E-state index contributed by atoms with van der Waals surface area (Å²) >= 11 is 0. The van der Waals surface area contributed by atoms with Crippen molar-refractivity contribution < 1.29 is 12.8 Å². The monoisotopic (exact) mass is 403 g/mol. The lowest BCUT2D eigenvalue weighted by Crippen LogP contribution is -2.21. The second-order valence-electron chi connectivity index (χ2n) is 8.28. The first-order valence-electron chi connectivity index (χ1n) is 9.41. The number of imidazole rings is 1. The summed E-state index contributed by atoms with van der Waals surface area (Å²) in [7, 11) is -3.85. The second kappa shape index (κ2) is 7.28. The predicted octanol–water partition coefficient (Wildman–Crippen LogP) is 4.75. The number of benzene rings is 1. The topological polar surface area (TPSA) is 64.8 Å². The molecular formula is C21H26FN3O2S. The van der Waals surface area contributed by atoms with E-state index in [2.05, 4.69) is 44.2 Å². The zero-order valence-electron chi connectivity index (χ0n) is 16.9. The number of fused-ring (bicyclic) bond motifs is 1. The molecule has 0 saturated carbocycles. The number of hydrogen-bond acceptors (Lipinski definition) is 4. The van der Waals surface area contributed by atoms with Crippen LogP contribution in [0.15, 0.2) is 46.3 Å². The Kier molecular flexibility index (Phi) is 5.32. The van der Waals surface area contributed by atoms with Crippen LogP contribution in [0.25, 0.3) is 11.0 Å². The zero-order chi connectivity index (χ0) is 20.7. The van der Waals surface area contributed by atoms with Crippen LogP contribution in [0.4, 0.5) is 4.39 Å². The van der Waals surface area contributed by atoms with Crippen LogP contribution in [0.5, 0.6) is 0 Å². The third-order valence-corrected chi connectivity index (χ3v) is 6.65. The van der Waals surface area contributed by atoms with Crippen LogP contribution in [0, 0.1) is 11.9 Å². The largest absolute Gasteiger partial charge is 0.327 e. The molecule has 1 unspecified atom stereocenters. The van der Waals surface area contributed by atoms with Crippen molar-refractivity contribution in [3.8, 4) is 0 Å². The predicted molar refractivity (Wildman–Crippen MR) is 108 cm³/mol. The quantitative estimate of drug-likeness (QED) is 0.577. The highest BCUT2D eigenvalue weighted by Crippen LogP contribution is 2.30. The number of aromatic nitrogens is 3. The molecule has 28 heavy (non-hydrogen) atoms. The molecule has 2 aromatic heterocycles. The highest BCUT2D eigenvalue weighted by molar-refractivity contribution is 7.91. The number of rotatable bonds is 5. The Hall–Kier alpha value is -2.28. The Morgan fingerprint density at radius 3 is 2.43 bits per heavy atom. The van der Waals surface area contributed by atoms with Gasteiger partial charge < -0.3 is 4.57 Å². The molecule has 0 radical (unpaired) electrons. The van der Waals surface area contributed by atoms with Crippen molar-refractivity contribution in [2.24, 2.45) is 5.92 Å². The van der Waals surface area contributed by atoms with Gasteiger partial charge in [-0.1, -0.05) is 41.0 Å². The van der Waals surface area contributed by atoms with Crippen molar-refractivity contribution in [3.63, 3.8) is 0 Å². The lowest BCUT2D eigenvalue weighted by atomic mass is 9.95. The highest BCUT2D eigenvalue weighted by Gasteiger charge is 2.25. The van der Waals surface area contributed by atoms with Gasteiger partial charge in [-0.05, 0) is 30.2 Å². The molecule has 1 aromatic carbocycles. The molecule has 0 bridgehead atoms. The van der Waals surface area contributed by atoms with E-state index >= 15 is 0 Å². The summed E-state index contributed by atoms with van der Waals surface area (Å²) in [4.78, 5) is 8.18. The normalized spacial score (nSPS) is 13.8. The summed E-state index contributed by atoms with van der Waals surface area (Å²) < 4.78 is 41.4. The Bertz CT molecular complexity index is 1110. The summed E-state index contributed by atoms with van der Waals surface area (Å²) in [5.74, 6) is 0.573. The SMILES string of the molecule is CCC(C)Cn1c(C(C)(C)C)nc2cc(S(=O)(=O)c3ccnc(F)c3)ccc21. The fourth-order valence-electron chi connectivity index (χ4n) is 3.16. The molecule has 0 saturated heterocycles. The lowest BCUT2D eigenvalue weighted by Gasteiger charge is -2.22. The van der Waals surface area contributed by atoms with Gasteiger partial charge in [-0.25, -0.2) is 18.4 Å². The van der Waals surface area contributed by atoms with Crippen molar-refractivity contribution in [2.75, 3.05) is 0 Å². The Morgan fingerprint density at radius 1 is 1.14 bits per heavy atom. The number of halogens is 1. The maximum Gasteiger partial charge on any atom is 0.214 e. The minimum absolute atomic E-state index is 0.0965. The summed E-state index contributed by atoms with van der Waals surface area (Å²) in [5, 5.41) is 0. The van der Waals surface area contributed by atoms with Gasteiger partial charge in [0.25, 0.3) is 0 Å². The molecule has 7 heteroatoms. The van der Waals surface area contributed by atoms with Gasteiger partial charge in [0.05, 0.1) is 20.8 Å². The number of sulfone groups is 1. The number of hydrogen-bond donors (Lipinski definition) is 0. The first kappa shape index (κ1) is 20.5. The first-order valence-corrected chi connectivity index (χ1v) is 10.9. The molecule has 3 aromatic rings. The van der Waals surface area contributed by atoms with Crippen LogP contribution >= 0.6 is 0 Å². The van der Waals surface area contributed by atoms with Gasteiger partial charge in [-0.3, -0.25) is 0 Å². The van der Waals surface area contributed by atoms with Crippen molar-refractivity contribution in [3.05, 3.63) is 48.3 Å². The van der Waals surface area contributed by atoms with E-state index in [1.54, 1.807) is 18.2 Å².